The number of carbonyl (C=O) groups excluding carboxylic acids is 2. The fourth-order valence-electron chi connectivity index (χ4n) is 2.93. The van der Waals surface area contributed by atoms with Crippen LogP contribution in [0, 0.1) is 11.7 Å². The zero-order valence-electron chi connectivity index (χ0n) is 14.7. The summed E-state index contributed by atoms with van der Waals surface area (Å²) in [5.41, 5.74) is 1.89. The number of benzene rings is 2. The van der Waals surface area contributed by atoms with E-state index in [2.05, 4.69) is 5.32 Å². The van der Waals surface area contributed by atoms with Gasteiger partial charge in [-0.25, -0.2) is 9.18 Å². The summed E-state index contributed by atoms with van der Waals surface area (Å²) in [6.07, 6.45) is 0.214. The molecule has 2 aromatic carbocycles. The van der Waals surface area contributed by atoms with Gasteiger partial charge in [-0.3, -0.25) is 9.69 Å². The van der Waals surface area contributed by atoms with Gasteiger partial charge in [0.2, 0.25) is 5.91 Å². The number of rotatable bonds is 5. The fraction of sp³-hybridized carbons (Fsp3) is 0.300. The Hall–Kier alpha value is -2.89. The minimum absolute atomic E-state index is 0.0644. The van der Waals surface area contributed by atoms with Gasteiger partial charge in [0.25, 0.3) is 0 Å². The van der Waals surface area contributed by atoms with Crippen molar-refractivity contribution in [1.29, 1.82) is 0 Å². The number of amides is 2. The van der Waals surface area contributed by atoms with E-state index in [-0.39, 0.29) is 23.6 Å². The molecule has 0 saturated heterocycles. The van der Waals surface area contributed by atoms with E-state index in [0.717, 1.165) is 0 Å². The van der Waals surface area contributed by atoms with Crippen molar-refractivity contribution in [3.63, 3.8) is 0 Å². The minimum atomic E-state index is -0.435. The molecule has 0 bridgehead atoms. The molecule has 6 heteroatoms. The van der Waals surface area contributed by atoms with Crippen molar-refractivity contribution in [1.82, 2.24) is 0 Å². The maximum absolute atomic E-state index is 13.8. The maximum Gasteiger partial charge on any atom is 0.413 e. The van der Waals surface area contributed by atoms with Gasteiger partial charge in [0.15, 0.2) is 0 Å². The molecule has 1 saturated carbocycles. The summed E-state index contributed by atoms with van der Waals surface area (Å²) < 4.78 is 18.8. The molecule has 1 aliphatic rings. The highest BCUT2D eigenvalue weighted by atomic mass is 19.1. The molecule has 0 spiro atoms. The van der Waals surface area contributed by atoms with Gasteiger partial charge in [0.1, 0.15) is 5.82 Å². The number of carbonyl (C=O) groups is 2. The van der Waals surface area contributed by atoms with Gasteiger partial charge in [-0.05, 0) is 55.2 Å². The molecule has 26 heavy (non-hydrogen) atoms. The van der Waals surface area contributed by atoms with Crippen LogP contribution in [0.2, 0.25) is 0 Å². The number of nitrogens with zero attached hydrogens (tertiary/aromatic N) is 1. The van der Waals surface area contributed by atoms with Gasteiger partial charge in [0.05, 0.1) is 6.61 Å². The molecule has 0 aliphatic heterocycles. The van der Waals surface area contributed by atoms with Gasteiger partial charge >= 0.3 is 6.09 Å². The standard InChI is InChI=1S/C20H21FN2O3/c1-3-26-20(25)23(2)14-10-8-13(9-11-14)22-19(24)17-12-16(17)15-6-4-5-7-18(15)21/h4-11,16-17H,3,12H2,1-2H3,(H,22,24). The highest BCUT2D eigenvalue weighted by Gasteiger charge is 2.45. The zero-order valence-corrected chi connectivity index (χ0v) is 14.7. The van der Waals surface area contributed by atoms with Crippen molar-refractivity contribution in [3.05, 3.63) is 59.9 Å². The van der Waals surface area contributed by atoms with E-state index in [0.29, 0.717) is 30.0 Å². The zero-order chi connectivity index (χ0) is 18.7. The van der Waals surface area contributed by atoms with Crippen molar-refractivity contribution >= 4 is 23.4 Å². The molecule has 2 amide bonds. The van der Waals surface area contributed by atoms with Crippen LogP contribution in [0.3, 0.4) is 0 Å². The molecule has 1 N–H and O–H groups in total. The molecule has 3 rings (SSSR count). The first-order valence-electron chi connectivity index (χ1n) is 8.57. The SMILES string of the molecule is CCOC(=O)N(C)c1ccc(NC(=O)C2CC2c2ccccc2F)cc1. The van der Waals surface area contributed by atoms with Gasteiger partial charge in [-0.1, -0.05) is 18.2 Å². The first kappa shape index (κ1) is 17.9. The van der Waals surface area contributed by atoms with Crippen molar-refractivity contribution in [2.24, 2.45) is 5.92 Å². The van der Waals surface area contributed by atoms with Crippen molar-refractivity contribution in [3.8, 4) is 0 Å². The van der Waals surface area contributed by atoms with E-state index in [1.807, 2.05) is 0 Å². The lowest BCUT2D eigenvalue weighted by Gasteiger charge is -2.17. The minimum Gasteiger partial charge on any atom is -0.449 e. The molecule has 1 fully saturated rings. The van der Waals surface area contributed by atoms with E-state index in [4.69, 9.17) is 4.74 Å². The second kappa shape index (κ2) is 7.56. The molecule has 2 atom stereocenters. The second-order valence-electron chi connectivity index (χ2n) is 6.26. The van der Waals surface area contributed by atoms with Gasteiger partial charge < -0.3 is 10.1 Å². The average Bonchev–Trinajstić information content (AvgIpc) is 3.43. The quantitative estimate of drug-likeness (QED) is 0.875. The molecular formula is C20H21FN2O3. The smallest absolute Gasteiger partial charge is 0.413 e. The summed E-state index contributed by atoms with van der Waals surface area (Å²) in [6, 6.07) is 13.5. The monoisotopic (exact) mass is 356 g/mol. The third kappa shape index (κ3) is 3.85. The summed E-state index contributed by atoms with van der Waals surface area (Å²) >= 11 is 0. The highest BCUT2D eigenvalue weighted by Crippen LogP contribution is 2.48. The topological polar surface area (TPSA) is 58.6 Å². The normalized spacial score (nSPS) is 18.1. The number of nitrogens with one attached hydrogen (secondary N) is 1. The van der Waals surface area contributed by atoms with Crippen LogP contribution in [0.15, 0.2) is 48.5 Å². The number of ether oxygens (including phenoxy) is 1. The largest absolute Gasteiger partial charge is 0.449 e. The Kier molecular flexibility index (Phi) is 5.21. The Balaban J connectivity index is 1.59. The summed E-state index contributed by atoms with van der Waals surface area (Å²) in [7, 11) is 1.62. The predicted molar refractivity (Wildman–Crippen MR) is 97.7 cm³/mol. The fourth-order valence-corrected chi connectivity index (χ4v) is 2.93. The molecule has 0 heterocycles. The molecule has 0 aromatic heterocycles. The lowest BCUT2D eigenvalue weighted by molar-refractivity contribution is -0.117. The van der Waals surface area contributed by atoms with Crippen molar-refractivity contribution < 1.29 is 18.7 Å². The number of hydrogen-bond acceptors (Lipinski definition) is 3. The van der Waals surface area contributed by atoms with Crippen molar-refractivity contribution in [2.45, 2.75) is 19.3 Å². The Labute approximate surface area is 151 Å². The molecule has 2 aromatic rings. The summed E-state index contributed by atoms with van der Waals surface area (Å²) in [6.45, 7) is 2.05. The van der Waals surface area contributed by atoms with Crippen molar-refractivity contribution in [2.75, 3.05) is 23.9 Å². The third-order valence-corrected chi connectivity index (χ3v) is 4.50. The van der Waals surface area contributed by atoms with Crippen LogP contribution in [0.25, 0.3) is 0 Å². The molecule has 2 unspecified atom stereocenters. The maximum atomic E-state index is 13.8. The molecule has 1 aliphatic carbocycles. The predicted octanol–water partition coefficient (Wildman–Crippen LogP) is 4.16. The second-order valence-corrected chi connectivity index (χ2v) is 6.26. The van der Waals surface area contributed by atoms with Crippen LogP contribution >= 0.6 is 0 Å². The Morgan fingerprint density at radius 1 is 1.19 bits per heavy atom. The molecule has 0 radical (unpaired) electrons. The third-order valence-electron chi connectivity index (χ3n) is 4.50. The van der Waals surface area contributed by atoms with E-state index in [9.17, 15) is 14.0 Å². The van der Waals surface area contributed by atoms with Crippen LogP contribution in [0.4, 0.5) is 20.6 Å². The van der Waals surface area contributed by atoms with Gasteiger partial charge in [-0.2, -0.15) is 0 Å². The number of anilines is 2. The van der Waals surface area contributed by atoms with Crippen LogP contribution < -0.4 is 10.2 Å². The number of hydrogen-bond donors (Lipinski definition) is 1. The van der Waals surface area contributed by atoms with Gasteiger partial charge in [0, 0.05) is 24.3 Å². The Morgan fingerprint density at radius 2 is 1.88 bits per heavy atom. The van der Waals surface area contributed by atoms with E-state index < -0.39 is 6.09 Å². The first-order valence-corrected chi connectivity index (χ1v) is 8.57. The van der Waals surface area contributed by atoms with E-state index in [1.165, 1.54) is 11.0 Å². The van der Waals surface area contributed by atoms with Crippen LogP contribution in [-0.2, 0) is 9.53 Å². The lowest BCUT2D eigenvalue weighted by Crippen LogP contribution is -2.26. The lowest BCUT2D eigenvalue weighted by atomic mass is 10.1. The van der Waals surface area contributed by atoms with Crippen LogP contribution in [0.5, 0.6) is 0 Å². The molecule has 136 valence electrons. The molecule has 5 nitrogen and oxygen atoms in total. The average molecular weight is 356 g/mol. The summed E-state index contributed by atoms with van der Waals surface area (Å²) in [5, 5.41) is 2.85. The Morgan fingerprint density at radius 3 is 2.54 bits per heavy atom. The first-order chi connectivity index (χ1) is 12.5. The Bertz CT molecular complexity index is 807. The van der Waals surface area contributed by atoms with E-state index >= 15 is 0 Å². The highest BCUT2D eigenvalue weighted by molar-refractivity contribution is 5.95. The van der Waals surface area contributed by atoms with Crippen LogP contribution in [-0.4, -0.2) is 25.7 Å². The van der Waals surface area contributed by atoms with Crippen LogP contribution in [0.1, 0.15) is 24.8 Å². The van der Waals surface area contributed by atoms with Gasteiger partial charge in [-0.15, -0.1) is 0 Å². The van der Waals surface area contributed by atoms with E-state index in [1.54, 1.807) is 56.4 Å². The number of halogens is 1. The molecular weight excluding hydrogens is 335 g/mol. The summed E-state index contributed by atoms with van der Waals surface area (Å²) in [5.74, 6) is -0.664. The summed E-state index contributed by atoms with van der Waals surface area (Å²) in [4.78, 5) is 25.5.